The molecule has 1 aliphatic rings. The molecule has 1 heterocycles. The van der Waals surface area contributed by atoms with Gasteiger partial charge in [0, 0.05) is 36.6 Å². The fraction of sp³-hybridized carbons (Fsp3) is 0.0196. The Hall–Kier alpha value is -6.48. The molecule has 1 nitrogen and oxygen atoms in total. The van der Waals surface area contributed by atoms with Crippen LogP contribution in [0.3, 0.4) is 0 Å². The van der Waals surface area contributed by atoms with Gasteiger partial charge in [0.05, 0.1) is 16.8 Å². The predicted molar refractivity (Wildman–Crippen MR) is 226 cm³/mol. The summed E-state index contributed by atoms with van der Waals surface area (Å²) in [6, 6.07) is 74.2. The summed E-state index contributed by atoms with van der Waals surface area (Å²) in [7, 11) is 0. The lowest BCUT2D eigenvalue weighted by Crippen LogP contribution is -2.28. The third kappa shape index (κ3) is 4.43. The largest absolute Gasteiger partial charge is 0.309 e. The highest BCUT2D eigenvalue weighted by molar-refractivity contribution is 7.25. The summed E-state index contributed by atoms with van der Waals surface area (Å²) in [6.45, 7) is 0. The lowest BCUT2D eigenvalue weighted by molar-refractivity contribution is 0.770. The van der Waals surface area contributed by atoms with E-state index in [4.69, 9.17) is 0 Å². The molecule has 0 spiro atoms. The van der Waals surface area contributed by atoms with Crippen LogP contribution in [-0.2, 0) is 5.41 Å². The van der Waals surface area contributed by atoms with Crippen molar-refractivity contribution in [2.75, 3.05) is 4.90 Å². The van der Waals surface area contributed by atoms with Crippen LogP contribution in [0.5, 0.6) is 0 Å². The maximum absolute atomic E-state index is 2.49. The molecule has 9 aromatic carbocycles. The summed E-state index contributed by atoms with van der Waals surface area (Å²) in [5.74, 6) is 0. The third-order valence-electron chi connectivity index (χ3n) is 11.3. The fourth-order valence-corrected chi connectivity index (χ4v) is 10.2. The van der Waals surface area contributed by atoms with Crippen LogP contribution < -0.4 is 4.90 Å². The molecular formula is C51H33NS. The first-order chi connectivity index (χ1) is 26.3. The van der Waals surface area contributed by atoms with Crippen LogP contribution in [0.2, 0.25) is 0 Å². The van der Waals surface area contributed by atoms with Gasteiger partial charge in [0.15, 0.2) is 0 Å². The smallest absolute Gasteiger partial charge is 0.0714 e. The minimum atomic E-state index is -0.531. The van der Waals surface area contributed by atoms with Crippen molar-refractivity contribution in [3.63, 3.8) is 0 Å². The summed E-state index contributed by atoms with van der Waals surface area (Å²) in [4.78, 5) is 2.48. The molecule has 1 aliphatic carbocycles. The predicted octanol–water partition coefficient (Wildman–Crippen LogP) is 14.2. The Bertz CT molecular complexity index is 2940. The Morgan fingerprint density at radius 3 is 1.70 bits per heavy atom. The number of benzene rings is 9. The first-order valence-corrected chi connectivity index (χ1v) is 19.1. The third-order valence-corrected chi connectivity index (χ3v) is 12.5. The summed E-state index contributed by atoms with van der Waals surface area (Å²) >= 11 is 1.89. The fourth-order valence-electron chi connectivity index (χ4n) is 9.06. The second-order valence-corrected chi connectivity index (χ2v) is 15.1. The summed E-state index contributed by atoms with van der Waals surface area (Å²) in [5, 5.41) is 7.52. The number of anilines is 3. The Kier molecular flexibility index (Phi) is 6.71. The van der Waals surface area contributed by atoms with Crippen molar-refractivity contribution in [2.24, 2.45) is 0 Å². The van der Waals surface area contributed by atoms with Crippen molar-refractivity contribution in [1.82, 2.24) is 0 Å². The monoisotopic (exact) mass is 691 g/mol. The molecule has 1 unspecified atom stereocenters. The lowest BCUT2D eigenvalue weighted by atomic mass is 9.67. The molecule has 1 atom stereocenters. The van der Waals surface area contributed by atoms with E-state index in [9.17, 15) is 0 Å². The van der Waals surface area contributed by atoms with Crippen LogP contribution in [0.4, 0.5) is 17.1 Å². The second kappa shape index (κ2) is 11.8. The van der Waals surface area contributed by atoms with Crippen molar-refractivity contribution in [3.8, 4) is 11.1 Å². The van der Waals surface area contributed by atoms with Gasteiger partial charge in [-0.3, -0.25) is 0 Å². The van der Waals surface area contributed by atoms with Gasteiger partial charge in [-0.15, -0.1) is 11.3 Å². The number of rotatable bonds is 5. The SMILES string of the molecule is c1ccc(C2(c3ccc4c(c3)sc3ccccc34)c3ccccc3-c3ccc(N(c4cccc5ccccc45)c4cccc5ccccc45)cc32)cc1. The van der Waals surface area contributed by atoms with Crippen molar-refractivity contribution in [1.29, 1.82) is 0 Å². The van der Waals surface area contributed by atoms with Crippen LogP contribution in [0.1, 0.15) is 22.3 Å². The standard InChI is InChI=1S/C51H33NS/c1-2-18-36(19-3-1)51(37-28-30-44-43-23-9-11-27-49(43)53-50(44)32-37)45-24-10-8-22-41(45)42-31-29-38(33-46(42)51)52(47-25-12-16-34-14-4-6-20-39(34)47)48-26-13-17-35-15-5-7-21-40(35)48/h1-33H. The molecule has 0 radical (unpaired) electrons. The highest BCUT2D eigenvalue weighted by Gasteiger charge is 2.46. The molecule has 10 aromatic rings. The van der Waals surface area contributed by atoms with Crippen LogP contribution in [0, 0.1) is 0 Å². The molecule has 248 valence electrons. The molecule has 0 saturated heterocycles. The number of hydrogen-bond donors (Lipinski definition) is 0. The van der Waals surface area contributed by atoms with Gasteiger partial charge in [-0.25, -0.2) is 0 Å². The molecule has 0 bridgehead atoms. The van der Waals surface area contributed by atoms with Crippen molar-refractivity contribution < 1.29 is 0 Å². The van der Waals surface area contributed by atoms with E-state index in [1.807, 2.05) is 11.3 Å². The van der Waals surface area contributed by atoms with Gasteiger partial charge in [-0.2, -0.15) is 0 Å². The van der Waals surface area contributed by atoms with Gasteiger partial charge < -0.3 is 4.90 Å². The topological polar surface area (TPSA) is 3.24 Å². The number of nitrogens with zero attached hydrogens (tertiary/aromatic N) is 1. The number of thiophene rings is 1. The van der Waals surface area contributed by atoms with Crippen LogP contribution in [-0.4, -0.2) is 0 Å². The van der Waals surface area contributed by atoms with E-state index in [0.29, 0.717) is 0 Å². The molecule has 11 rings (SSSR count). The molecule has 0 saturated carbocycles. The van der Waals surface area contributed by atoms with Crippen molar-refractivity contribution in [3.05, 3.63) is 222 Å². The Morgan fingerprint density at radius 1 is 0.358 bits per heavy atom. The Morgan fingerprint density at radius 2 is 0.943 bits per heavy atom. The van der Waals surface area contributed by atoms with E-state index < -0.39 is 5.41 Å². The van der Waals surface area contributed by atoms with Crippen LogP contribution >= 0.6 is 11.3 Å². The molecular weight excluding hydrogens is 659 g/mol. The van der Waals surface area contributed by atoms with Crippen LogP contribution in [0.25, 0.3) is 52.8 Å². The molecule has 0 N–H and O–H groups in total. The van der Waals surface area contributed by atoms with Gasteiger partial charge in [-0.05, 0) is 80.6 Å². The van der Waals surface area contributed by atoms with Gasteiger partial charge in [0.1, 0.15) is 0 Å². The Labute approximate surface area is 312 Å². The van der Waals surface area contributed by atoms with E-state index in [1.165, 1.54) is 75.1 Å². The molecule has 0 aliphatic heterocycles. The zero-order chi connectivity index (χ0) is 34.9. The summed E-state index contributed by atoms with van der Waals surface area (Å²) in [6.07, 6.45) is 0. The first kappa shape index (κ1) is 30.2. The highest BCUT2D eigenvalue weighted by atomic mass is 32.1. The highest BCUT2D eigenvalue weighted by Crippen LogP contribution is 2.58. The average molecular weight is 692 g/mol. The van der Waals surface area contributed by atoms with Gasteiger partial charge >= 0.3 is 0 Å². The maximum Gasteiger partial charge on any atom is 0.0714 e. The Balaban J connectivity index is 1.24. The van der Waals surface area contributed by atoms with Gasteiger partial charge in [0.2, 0.25) is 0 Å². The lowest BCUT2D eigenvalue weighted by Gasteiger charge is -2.35. The summed E-state index contributed by atoms with van der Waals surface area (Å²) in [5.41, 5.74) is 10.7. The first-order valence-electron chi connectivity index (χ1n) is 18.3. The van der Waals surface area contributed by atoms with Crippen molar-refractivity contribution >= 4 is 70.1 Å². The van der Waals surface area contributed by atoms with Gasteiger partial charge in [0.25, 0.3) is 0 Å². The zero-order valence-corrected chi connectivity index (χ0v) is 29.7. The average Bonchev–Trinajstić information content (AvgIpc) is 3.75. The van der Waals surface area contributed by atoms with Crippen molar-refractivity contribution in [2.45, 2.75) is 5.41 Å². The molecule has 53 heavy (non-hydrogen) atoms. The number of fused-ring (bicyclic) bond motifs is 8. The second-order valence-electron chi connectivity index (χ2n) is 14.0. The van der Waals surface area contributed by atoms with E-state index in [-0.39, 0.29) is 0 Å². The van der Waals surface area contributed by atoms with E-state index in [0.717, 1.165) is 17.1 Å². The summed E-state index contributed by atoms with van der Waals surface area (Å²) < 4.78 is 2.64. The van der Waals surface area contributed by atoms with E-state index in [1.54, 1.807) is 0 Å². The van der Waals surface area contributed by atoms with E-state index in [2.05, 4.69) is 205 Å². The van der Waals surface area contributed by atoms with Crippen LogP contribution in [0.15, 0.2) is 200 Å². The molecule has 0 fully saturated rings. The molecule has 0 amide bonds. The quantitative estimate of drug-likeness (QED) is 0.174. The molecule has 2 heteroatoms. The normalized spacial score (nSPS) is 14.9. The maximum atomic E-state index is 2.49. The number of hydrogen-bond acceptors (Lipinski definition) is 2. The zero-order valence-electron chi connectivity index (χ0n) is 28.9. The molecule has 1 aromatic heterocycles. The minimum Gasteiger partial charge on any atom is -0.309 e. The van der Waals surface area contributed by atoms with E-state index >= 15 is 0 Å². The minimum absolute atomic E-state index is 0.531. The van der Waals surface area contributed by atoms with Gasteiger partial charge in [-0.1, -0.05) is 164 Å².